The molecule has 0 bridgehead atoms. The van der Waals surface area contributed by atoms with Crippen LogP contribution in [0.25, 0.3) is 0 Å². The number of aromatic nitrogens is 2. The lowest BCUT2D eigenvalue weighted by atomic mass is 9.92. The van der Waals surface area contributed by atoms with Crippen LogP contribution in [0.3, 0.4) is 0 Å². The first-order valence-corrected chi connectivity index (χ1v) is 6.88. The summed E-state index contributed by atoms with van der Waals surface area (Å²) in [5.74, 6) is 0.361. The highest BCUT2D eigenvalue weighted by Crippen LogP contribution is 2.22. The minimum atomic E-state index is -0.488. The Morgan fingerprint density at radius 3 is 2.50 bits per heavy atom. The topological polar surface area (TPSA) is 75.3 Å². The summed E-state index contributed by atoms with van der Waals surface area (Å²) < 4.78 is 5.33. The lowest BCUT2D eigenvalue weighted by Crippen LogP contribution is -2.43. The average Bonchev–Trinajstić information content (AvgIpc) is 2.90. The SMILES string of the molecule is CC(C)(C)OC(=O)N1CCC(C(=O)c2ncc[nH]2)CC1. The van der Waals surface area contributed by atoms with Gasteiger partial charge in [-0.05, 0) is 33.6 Å². The summed E-state index contributed by atoms with van der Waals surface area (Å²) in [5.41, 5.74) is -0.488. The van der Waals surface area contributed by atoms with Crippen LogP contribution in [0.4, 0.5) is 4.79 Å². The maximum Gasteiger partial charge on any atom is 0.410 e. The zero-order chi connectivity index (χ0) is 14.8. The largest absolute Gasteiger partial charge is 0.444 e. The van der Waals surface area contributed by atoms with Crippen molar-refractivity contribution in [2.75, 3.05) is 13.1 Å². The van der Waals surface area contributed by atoms with Gasteiger partial charge in [-0.1, -0.05) is 0 Å². The Kier molecular flexibility index (Phi) is 4.11. The van der Waals surface area contributed by atoms with E-state index in [4.69, 9.17) is 4.74 Å². The normalized spacial score (nSPS) is 17.1. The minimum Gasteiger partial charge on any atom is -0.444 e. The molecule has 0 spiro atoms. The standard InChI is InChI=1S/C14H21N3O3/c1-14(2,3)20-13(19)17-8-4-10(5-9-17)11(18)12-15-6-7-16-12/h6-7,10H,4-5,8-9H2,1-3H3,(H,15,16). The summed E-state index contributed by atoms with van der Waals surface area (Å²) in [6.07, 6.45) is 4.21. The van der Waals surface area contributed by atoms with Crippen molar-refractivity contribution >= 4 is 11.9 Å². The third-order valence-corrected chi connectivity index (χ3v) is 3.25. The van der Waals surface area contributed by atoms with Crippen LogP contribution in [0.5, 0.6) is 0 Å². The first kappa shape index (κ1) is 14.6. The van der Waals surface area contributed by atoms with Crippen molar-refractivity contribution in [2.24, 2.45) is 5.92 Å². The van der Waals surface area contributed by atoms with Gasteiger partial charge in [-0.25, -0.2) is 9.78 Å². The number of ketones is 1. The first-order valence-electron chi connectivity index (χ1n) is 6.88. The average molecular weight is 279 g/mol. The van der Waals surface area contributed by atoms with Gasteiger partial charge in [0.05, 0.1) is 0 Å². The number of amides is 1. The maximum atomic E-state index is 12.1. The predicted octanol–water partition coefficient (Wildman–Crippen LogP) is 2.24. The number of piperidine rings is 1. The molecule has 110 valence electrons. The lowest BCUT2D eigenvalue weighted by Gasteiger charge is -2.32. The Hall–Kier alpha value is -1.85. The molecular formula is C14H21N3O3. The molecule has 0 aromatic carbocycles. The van der Waals surface area contributed by atoms with Crippen LogP contribution in [-0.4, -0.2) is 45.4 Å². The second kappa shape index (κ2) is 5.64. The molecule has 1 aromatic rings. The number of H-pyrrole nitrogens is 1. The maximum absolute atomic E-state index is 12.1. The van der Waals surface area contributed by atoms with E-state index in [0.29, 0.717) is 31.8 Å². The van der Waals surface area contributed by atoms with E-state index in [-0.39, 0.29) is 17.8 Å². The molecule has 1 aromatic heterocycles. The molecule has 1 fully saturated rings. The molecule has 2 heterocycles. The minimum absolute atomic E-state index is 0.0267. The highest BCUT2D eigenvalue weighted by molar-refractivity contribution is 5.94. The number of hydrogen-bond donors (Lipinski definition) is 1. The van der Waals surface area contributed by atoms with Gasteiger partial charge >= 0.3 is 6.09 Å². The molecule has 1 aliphatic rings. The predicted molar refractivity (Wildman–Crippen MR) is 73.4 cm³/mol. The van der Waals surface area contributed by atoms with Crippen molar-refractivity contribution in [1.82, 2.24) is 14.9 Å². The summed E-state index contributed by atoms with van der Waals surface area (Å²) in [6, 6.07) is 0. The zero-order valence-corrected chi connectivity index (χ0v) is 12.2. The van der Waals surface area contributed by atoms with Crippen molar-refractivity contribution in [1.29, 1.82) is 0 Å². The molecule has 0 aliphatic carbocycles. The summed E-state index contributed by atoms with van der Waals surface area (Å²) >= 11 is 0. The van der Waals surface area contributed by atoms with Crippen molar-refractivity contribution in [2.45, 2.75) is 39.2 Å². The fourth-order valence-electron chi connectivity index (χ4n) is 2.24. The summed E-state index contributed by atoms with van der Waals surface area (Å²) in [5, 5.41) is 0. The number of hydrogen-bond acceptors (Lipinski definition) is 4. The number of nitrogens with zero attached hydrogens (tertiary/aromatic N) is 2. The third kappa shape index (κ3) is 3.59. The van der Waals surface area contributed by atoms with Gasteiger partial charge < -0.3 is 14.6 Å². The summed E-state index contributed by atoms with van der Waals surface area (Å²) in [7, 11) is 0. The number of ether oxygens (including phenoxy) is 1. The lowest BCUT2D eigenvalue weighted by molar-refractivity contribution is 0.0182. The smallest absolute Gasteiger partial charge is 0.410 e. The number of carbonyl (C=O) groups is 2. The second-order valence-corrected chi connectivity index (χ2v) is 6.04. The molecule has 2 rings (SSSR count). The van der Waals surface area contributed by atoms with E-state index in [1.165, 1.54) is 0 Å². The van der Waals surface area contributed by atoms with Crippen LogP contribution in [0, 0.1) is 5.92 Å². The number of likely N-dealkylation sites (tertiary alicyclic amines) is 1. The van der Waals surface area contributed by atoms with Crippen LogP contribution in [-0.2, 0) is 4.74 Å². The van der Waals surface area contributed by atoms with E-state index >= 15 is 0 Å². The van der Waals surface area contributed by atoms with Gasteiger partial charge in [-0.3, -0.25) is 4.79 Å². The monoisotopic (exact) mass is 279 g/mol. The molecule has 1 N–H and O–H groups in total. The Morgan fingerprint density at radius 1 is 1.35 bits per heavy atom. The first-order chi connectivity index (χ1) is 9.37. The van der Waals surface area contributed by atoms with Crippen molar-refractivity contribution in [3.63, 3.8) is 0 Å². The number of nitrogens with one attached hydrogen (secondary N) is 1. The summed E-state index contributed by atoms with van der Waals surface area (Å²) in [6.45, 7) is 6.63. The van der Waals surface area contributed by atoms with Crippen LogP contribution < -0.4 is 0 Å². The number of Topliss-reactive ketones (excluding diaryl/α,β-unsaturated/α-hetero) is 1. The van der Waals surface area contributed by atoms with Gasteiger partial charge in [-0.2, -0.15) is 0 Å². The van der Waals surface area contributed by atoms with Gasteiger partial charge in [0.2, 0.25) is 5.78 Å². The van der Waals surface area contributed by atoms with Crippen molar-refractivity contribution in [3.8, 4) is 0 Å². The van der Waals surface area contributed by atoms with Gasteiger partial charge in [0.25, 0.3) is 0 Å². The number of rotatable bonds is 2. The van der Waals surface area contributed by atoms with E-state index in [2.05, 4.69) is 9.97 Å². The number of imidazole rings is 1. The molecule has 6 nitrogen and oxygen atoms in total. The quantitative estimate of drug-likeness (QED) is 0.842. The Balaban J connectivity index is 1.86. The van der Waals surface area contributed by atoms with E-state index in [1.54, 1.807) is 17.3 Å². The van der Waals surface area contributed by atoms with Crippen LogP contribution in [0.15, 0.2) is 12.4 Å². The molecular weight excluding hydrogens is 258 g/mol. The van der Waals surface area contributed by atoms with E-state index in [0.717, 1.165) is 0 Å². The highest BCUT2D eigenvalue weighted by Gasteiger charge is 2.30. The molecule has 20 heavy (non-hydrogen) atoms. The van der Waals surface area contributed by atoms with Gasteiger partial charge in [-0.15, -0.1) is 0 Å². The van der Waals surface area contributed by atoms with Crippen molar-refractivity contribution < 1.29 is 14.3 Å². The number of carbonyl (C=O) groups excluding carboxylic acids is 2. The molecule has 0 saturated carbocycles. The Bertz CT molecular complexity index is 468. The van der Waals surface area contributed by atoms with E-state index in [9.17, 15) is 9.59 Å². The van der Waals surface area contributed by atoms with Gasteiger partial charge in [0, 0.05) is 31.4 Å². The third-order valence-electron chi connectivity index (χ3n) is 3.25. The van der Waals surface area contributed by atoms with Crippen LogP contribution in [0.2, 0.25) is 0 Å². The zero-order valence-electron chi connectivity index (χ0n) is 12.2. The Morgan fingerprint density at radius 2 is 2.00 bits per heavy atom. The highest BCUT2D eigenvalue weighted by atomic mass is 16.6. The van der Waals surface area contributed by atoms with Crippen molar-refractivity contribution in [3.05, 3.63) is 18.2 Å². The molecule has 1 saturated heterocycles. The molecule has 1 aliphatic heterocycles. The fourth-order valence-corrected chi connectivity index (χ4v) is 2.24. The fraction of sp³-hybridized carbons (Fsp3) is 0.643. The molecule has 1 amide bonds. The van der Waals surface area contributed by atoms with Crippen LogP contribution in [0.1, 0.15) is 44.2 Å². The van der Waals surface area contributed by atoms with E-state index in [1.807, 2.05) is 20.8 Å². The van der Waals surface area contributed by atoms with Gasteiger partial charge in [0.1, 0.15) is 5.60 Å². The molecule has 6 heteroatoms. The van der Waals surface area contributed by atoms with E-state index < -0.39 is 5.60 Å². The van der Waals surface area contributed by atoms with Gasteiger partial charge in [0.15, 0.2) is 5.82 Å². The molecule has 0 unspecified atom stereocenters. The second-order valence-electron chi connectivity index (χ2n) is 6.04. The number of aromatic amines is 1. The molecule has 0 atom stereocenters. The molecule has 0 radical (unpaired) electrons. The summed E-state index contributed by atoms with van der Waals surface area (Å²) in [4.78, 5) is 32.5. The Labute approximate surface area is 118 Å². The van der Waals surface area contributed by atoms with Crippen LogP contribution >= 0.6 is 0 Å².